The molecule has 1 rings (SSSR count). The van der Waals surface area contributed by atoms with Gasteiger partial charge in [0, 0.05) is 13.0 Å². The Bertz CT molecular complexity index is 742. The predicted octanol–water partition coefficient (Wildman–Crippen LogP) is 2.96. The van der Waals surface area contributed by atoms with E-state index in [-0.39, 0.29) is 31.9 Å². The normalized spacial score (nSPS) is 11.9. The molecule has 1 aromatic rings. The summed E-state index contributed by atoms with van der Waals surface area (Å²) in [6.45, 7) is 8.92. The van der Waals surface area contributed by atoms with Crippen LogP contribution in [0.1, 0.15) is 46.6 Å². The number of benzene rings is 1. The highest BCUT2D eigenvalue weighted by atomic mass is 16.7. The number of carbonyl (C=O) groups excluding carboxylic acids is 4. The van der Waals surface area contributed by atoms with Crippen molar-refractivity contribution in [3.05, 3.63) is 35.9 Å². The van der Waals surface area contributed by atoms with E-state index in [1.807, 2.05) is 44.2 Å². The molecule has 0 aliphatic rings. The molecule has 0 spiro atoms. The third kappa shape index (κ3) is 12.2. The molecule has 1 atom stereocenters. The van der Waals surface area contributed by atoms with Gasteiger partial charge in [-0.05, 0) is 32.3 Å². The summed E-state index contributed by atoms with van der Waals surface area (Å²) in [7, 11) is 0. The Hall–Kier alpha value is -3.10. The Kier molecular flexibility index (Phi) is 10.5. The number of carbonyl (C=O) groups is 4. The molecule has 0 fully saturated rings. The Morgan fingerprint density at radius 3 is 2.26 bits per heavy atom. The molecule has 9 heteroatoms. The predicted molar refractivity (Wildman–Crippen MR) is 113 cm³/mol. The molecule has 0 unspecified atom stereocenters. The van der Waals surface area contributed by atoms with Gasteiger partial charge in [0.05, 0.1) is 13.0 Å². The third-order valence-corrected chi connectivity index (χ3v) is 3.65. The van der Waals surface area contributed by atoms with Crippen molar-refractivity contribution in [1.29, 1.82) is 0 Å². The van der Waals surface area contributed by atoms with Crippen molar-refractivity contribution in [1.82, 2.24) is 10.6 Å². The first-order valence-electron chi connectivity index (χ1n) is 10.1. The highest BCUT2D eigenvalue weighted by molar-refractivity contribution is 5.87. The van der Waals surface area contributed by atoms with Crippen LogP contribution in [0.2, 0.25) is 0 Å². The maximum atomic E-state index is 12.6. The lowest BCUT2D eigenvalue weighted by Gasteiger charge is -2.23. The number of amides is 2. The Labute approximate surface area is 182 Å². The third-order valence-electron chi connectivity index (χ3n) is 3.65. The summed E-state index contributed by atoms with van der Waals surface area (Å²) in [5, 5.41) is 5.12. The average Bonchev–Trinajstić information content (AvgIpc) is 2.65. The molecule has 0 aliphatic carbocycles. The van der Waals surface area contributed by atoms with Crippen LogP contribution in [0.4, 0.5) is 9.59 Å². The van der Waals surface area contributed by atoms with Crippen LogP contribution in [0.5, 0.6) is 0 Å². The molecule has 0 saturated heterocycles. The van der Waals surface area contributed by atoms with Crippen LogP contribution < -0.4 is 10.6 Å². The zero-order chi connectivity index (χ0) is 23.4. The van der Waals surface area contributed by atoms with E-state index in [9.17, 15) is 19.2 Å². The van der Waals surface area contributed by atoms with E-state index >= 15 is 0 Å². The van der Waals surface area contributed by atoms with Crippen LogP contribution in [-0.2, 0) is 30.2 Å². The van der Waals surface area contributed by atoms with Gasteiger partial charge in [-0.25, -0.2) is 9.59 Å². The van der Waals surface area contributed by atoms with Gasteiger partial charge in [-0.15, -0.1) is 0 Å². The van der Waals surface area contributed by atoms with Gasteiger partial charge in [0.1, 0.15) is 11.6 Å². The number of ether oxygens (including phenoxy) is 3. The average molecular weight is 437 g/mol. The van der Waals surface area contributed by atoms with Crippen LogP contribution in [0.3, 0.4) is 0 Å². The van der Waals surface area contributed by atoms with E-state index < -0.39 is 35.8 Å². The van der Waals surface area contributed by atoms with Crippen molar-refractivity contribution in [2.45, 2.75) is 59.1 Å². The van der Waals surface area contributed by atoms with Crippen LogP contribution >= 0.6 is 0 Å². The minimum Gasteiger partial charge on any atom is -0.444 e. The van der Waals surface area contributed by atoms with E-state index in [0.29, 0.717) is 0 Å². The van der Waals surface area contributed by atoms with Gasteiger partial charge in [0.25, 0.3) is 0 Å². The first-order valence-corrected chi connectivity index (χ1v) is 10.1. The van der Waals surface area contributed by atoms with Gasteiger partial charge in [-0.2, -0.15) is 0 Å². The quantitative estimate of drug-likeness (QED) is 0.451. The first kappa shape index (κ1) is 25.9. The van der Waals surface area contributed by atoms with Gasteiger partial charge < -0.3 is 24.8 Å². The summed E-state index contributed by atoms with van der Waals surface area (Å²) in [6, 6.07) is 8.24. The minimum absolute atomic E-state index is 0.0730. The van der Waals surface area contributed by atoms with Gasteiger partial charge in [-0.1, -0.05) is 44.2 Å². The van der Waals surface area contributed by atoms with Crippen molar-refractivity contribution in [3.8, 4) is 0 Å². The Morgan fingerprint density at radius 1 is 1.03 bits per heavy atom. The molecular formula is C22H32N2O7. The SMILES string of the molecule is CC(C)COC(=O)OC(=O)CCNC(=O)[C@H](Cc1ccccc1)NC(=O)OC(C)(C)C. The maximum absolute atomic E-state index is 12.6. The minimum atomic E-state index is -1.07. The molecule has 1 aromatic carbocycles. The molecule has 172 valence electrons. The Morgan fingerprint density at radius 2 is 1.68 bits per heavy atom. The topological polar surface area (TPSA) is 120 Å². The molecule has 0 saturated carbocycles. The molecule has 0 bridgehead atoms. The summed E-state index contributed by atoms with van der Waals surface area (Å²) in [4.78, 5) is 47.8. The highest BCUT2D eigenvalue weighted by Crippen LogP contribution is 2.09. The van der Waals surface area contributed by atoms with Crippen molar-refractivity contribution >= 4 is 24.1 Å². The lowest BCUT2D eigenvalue weighted by molar-refractivity contribution is -0.139. The smallest absolute Gasteiger partial charge is 0.444 e. The summed E-state index contributed by atoms with van der Waals surface area (Å²) in [5.41, 5.74) is 0.122. The zero-order valence-corrected chi connectivity index (χ0v) is 18.7. The van der Waals surface area contributed by atoms with E-state index in [1.165, 1.54) is 0 Å². The molecule has 0 aromatic heterocycles. The van der Waals surface area contributed by atoms with E-state index in [1.54, 1.807) is 20.8 Å². The van der Waals surface area contributed by atoms with E-state index in [0.717, 1.165) is 5.56 Å². The molecule has 0 radical (unpaired) electrons. The largest absolute Gasteiger partial charge is 0.516 e. The van der Waals surface area contributed by atoms with Gasteiger partial charge in [-0.3, -0.25) is 9.59 Å². The number of rotatable bonds is 9. The van der Waals surface area contributed by atoms with Crippen molar-refractivity contribution in [3.63, 3.8) is 0 Å². The summed E-state index contributed by atoms with van der Waals surface area (Å²) >= 11 is 0. The van der Waals surface area contributed by atoms with Crippen LogP contribution in [-0.4, -0.2) is 48.9 Å². The number of alkyl carbamates (subject to hydrolysis) is 1. The molecule has 0 heterocycles. The fourth-order valence-electron chi connectivity index (χ4n) is 2.33. The van der Waals surface area contributed by atoms with Gasteiger partial charge in [0.15, 0.2) is 0 Å². The lowest BCUT2D eigenvalue weighted by atomic mass is 10.1. The van der Waals surface area contributed by atoms with Gasteiger partial charge >= 0.3 is 18.2 Å². The number of hydrogen-bond donors (Lipinski definition) is 2. The summed E-state index contributed by atoms with van der Waals surface area (Å²) < 4.78 is 14.5. The second kappa shape index (κ2) is 12.6. The second-order valence-corrected chi connectivity index (χ2v) is 8.36. The van der Waals surface area contributed by atoms with Crippen molar-refractivity contribution in [2.75, 3.05) is 13.2 Å². The van der Waals surface area contributed by atoms with Crippen LogP contribution in [0.25, 0.3) is 0 Å². The fourth-order valence-corrected chi connectivity index (χ4v) is 2.33. The maximum Gasteiger partial charge on any atom is 0.516 e. The van der Waals surface area contributed by atoms with Gasteiger partial charge in [0.2, 0.25) is 5.91 Å². The number of hydrogen-bond acceptors (Lipinski definition) is 7. The monoisotopic (exact) mass is 436 g/mol. The molecule has 9 nitrogen and oxygen atoms in total. The number of esters is 1. The molecule has 2 amide bonds. The second-order valence-electron chi connectivity index (χ2n) is 8.36. The lowest BCUT2D eigenvalue weighted by Crippen LogP contribution is -2.49. The molecule has 31 heavy (non-hydrogen) atoms. The van der Waals surface area contributed by atoms with E-state index in [4.69, 9.17) is 9.47 Å². The molecular weight excluding hydrogens is 404 g/mol. The van der Waals surface area contributed by atoms with Crippen molar-refractivity contribution < 1.29 is 33.4 Å². The molecule has 2 N–H and O–H groups in total. The first-order chi connectivity index (χ1) is 14.5. The summed E-state index contributed by atoms with van der Waals surface area (Å²) in [5.74, 6) is -1.21. The zero-order valence-electron chi connectivity index (χ0n) is 18.7. The number of nitrogens with one attached hydrogen (secondary N) is 2. The fraction of sp³-hybridized carbons (Fsp3) is 0.545. The highest BCUT2D eigenvalue weighted by Gasteiger charge is 2.25. The summed E-state index contributed by atoms with van der Waals surface area (Å²) in [6.07, 6.45) is -1.79. The van der Waals surface area contributed by atoms with E-state index in [2.05, 4.69) is 15.4 Å². The Balaban J connectivity index is 2.59. The van der Waals surface area contributed by atoms with Crippen LogP contribution in [0.15, 0.2) is 30.3 Å². The van der Waals surface area contributed by atoms with Crippen LogP contribution in [0, 0.1) is 5.92 Å². The standard InChI is InChI=1S/C22H32N2O7/c1-15(2)14-29-21(28)30-18(25)11-12-23-19(26)17(13-16-9-7-6-8-10-16)24-20(27)31-22(3,4)5/h6-10,15,17H,11-14H2,1-5H3,(H,23,26)(H,24,27)/t17-/m0/s1. The molecule has 0 aliphatic heterocycles. The van der Waals surface area contributed by atoms with Crippen molar-refractivity contribution in [2.24, 2.45) is 5.92 Å².